The molecule has 5 nitrogen and oxygen atoms in total. The van der Waals surface area contributed by atoms with Gasteiger partial charge in [0.2, 0.25) is 0 Å². The highest BCUT2D eigenvalue weighted by molar-refractivity contribution is 5.94. The van der Waals surface area contributed by atoms with Gasteiger partial charge in [-0.25, -0.2) is 0 Å². The van der Waals surface area contributed by atoms with Gasteiger partial charge < -0.3 is 10.1 Å². The summed E-state index contributed by atoms with van der Waals surface area (Å²) in [5.41, 5.74) is 0.921. The quantitative estimate of drug-likeness (QED) is 0.911. The third-order valence-electron chi connectivity index (χ3n) is 2.78. The molecule has 0 aliphatic carbocycles. The molecule has 1 aromatic carbocycles. The lowest BCUT2D eigenvalue weighted by molar-refractivity contribution is 0.0932. The molecule has 2 aromatic rings. The standard InChI is InChI=1S/C16H15N3O2/c1-12(21-15-6-3-7-18-11-15)10-19-16(20)14-5-2-4-13(8-14)9-17/h2-8,11-12H,10H2,1H3,(H,19,20)/t12-/m0/s1. The van der Waals surface area contributed by atoms with E-state index < -0.39 is 0 Å². The number of hydrogen-bond acceptors (Lipinski definition) is 4. The lowest BCUT2D eigenvalue weighted by atomic mass is 10.1. The van der Waals surface area contributed by atoms with Crippen LogP contribution in [0, 0.1) is 11.3 Å². The van der Waals surface area contributed by atoms with Crippen molar-refractivity contribution < 1.29 is 9.53 Å². The molecule has 2 rings (SSSR count). The van der Waals surface area contributed by atoms with Crippen LogP contribution in [0.5, 0.6) is 5.75 Å². The zero-order chi connectivity index (χ0) is 15.1. The maximum Gasteiger partial charge on any atom is 0.251 e. The normalized spacial score (nSPS) is 11.2. The molecule has 0 aliphatic heterocycles. The van der Waals surface area contributed by atoms with Gasteiger partial charge in [0.05, 0.1) is 24.4 Å². The third kappa shape index (κ3) is 4.32. The van der Waals surface area contributed by atoms with Crippen LogP contribution in [0.4, 0.5) is 0 Å². The predicted octanol–water partition coefficient (Wildman–Crippen LogP) is 2.15. The number of benzene rings is 1. The molecule has 106 valence electrons. The van der Waals surface area contributed by atoms with Crippen LogP contribution < -0.4 is 10.1 Å². The SMILES string of the molecule is C[C@@H](CNC(=O)c1cccc(C#N)c1)Oc1cccnc1. The number of ether oxygens (including phenoxy) is 1. The summed E-state index contributed by atoms with van der Waals surface area (Å²) in [4.78, 5) is 15.9. The highest BCUT2D eigenvalue weighted by Crippen LogP contribution is 2.09. The molecular weight excluding hydrogens is 266 g/mol. The van der Waals surface area contributed by atoms with Crippen LogP contribution in [0.15, 0.2) is 48.8 Å². The van der Waals surface area contributed by atoms with Crippen molar-refractivity contribution in [3.8, 4) is 11.8 Å². The molecule has 0 saturated carbocycles. The van der Waals surface area contributed by atoms with Gasteiger partial charge in [-0.05, 0) is 37.3 Å². The molecule has 1 N–H and O–H groups in total. The molecule has 0 bridgehead atoms. The van der Waals surface area contributed by atoms with Crippen LogP contribution in [-0.4, -0.2) is 23.5 Å². The van der Waals surface area contributed by atoms with E-state index in [4.69, 9.17) is 10.00 Å². The number of rotatable bonds is 5. The molecule has 1 heterocycles. The number of nitrogens with one attached hydrogen (secondary N) is 1. The highest BCUT2D eigenvalue weighted by Gasteiger charge is 2.09. The lowest BCUT2D eigenvalue weighted by Gasteiger charge is -2.15. The van der Waals surface area contributed by atoms with Crippen molar-refractivity contribution in [2.75, 3.05) is 6.54 Å². The Morgan fingerprint density at radius 3 is 3.00 bits per heavy atom. The fourth-order valence-corrected chi connectivity index (χ4v) is 1.76. The number of carbonyl (C=O) groups excluding carboxylic acids is 1. The fourth-order valence-electron chi connectivity index (χ4n) is 1.76. The van der Waals surface area contributed by atoms with Crippen molar-refractivity contribution in [3.05, 3.63) is 59.9 Å². The molecule has 0 aliphatic rings. The Hall–Kier alpha value is -2.87. The monoisotopic (exact) mass is 281 g/mol. The molecule has 1 atom stereocenters. The molecule has 0 radical (unpaired) electrons. The van der Waals surface area contributed by atoms with Gasteiger partial charge >= 0.3 is 0 Å². The summed E-state index contributed by atoms with van der Waals surface area (Å²) in [5.74, 6) is 0.430. The Balaban J connectivity index is 1.87. The van der Waals surface area contributed by atoms with Gasteiger partial charge in [-0.3, -0.25) is 9.78 Å². The molecule has 1 amide bonds. The summed E-state index contributed by atoms with van der Waals surface area (Å²) in [6.45, 7) is 2.23. The van der Waals surface area contributed by atoms with Crippen LogP contribution in [0.2, 0.25) is 0 Å². The van der Waals surface area contributed by atoms with Gasteiger partial charge in [0.25, 0.3) is 5.91 Å². The zero-order valence-electron chi connectivity index (χ0n) is 11.6. The van der Waals surface area contributed by atoms with Crippen molar-refractivity contribution >= 4 is 5.91 Å². The molecule has 0 saturated heterocycles. The van der Waals surface area contributed by atoms with Crippen LogP contribution in [0.3, 0.4) is 0 Å². The summed E-state index contributed by atoms with van der Waals surface area (Å²) < 4.78 is 5.62. The van der Waals surface area contributed by atoms with E-state index in [2.05, 4.69) is 10.3 Å². The highest BCUT2D eigenvalue weighted by atomic mass is 16.5. The number of amides is 1. The van der Waals surface area contributed by atoms with E-state index in [1.165, 1.54) is 0 Å². The number of nitrogens with zero attached hydrogens (tertiary/aromatic N) is 2. The van der Waals surface area contributed by atoms with E-state index in [9.17, 15) is 4.79 Å². The zero-order valence-corrected chi connectivity index (χ0v) is 11.6. The Labute approximate surface area is 123 Å². The maximum absolute atomic E-state index is 12.0. The van der Waals surface area contributed by atoms with Crippen LogP contribution >= 0.6 is 0 Å². The topological polar surface area (TPSA) is 75.0 Å². The van der Waals surface area contributed by atoms with Gasteiger partial charge in [0, 0.05) is 11.8 Å². The minimum absolute atomic E-state index is 0.183. The number of nitriles is 1. The van der Waals surface area contributed by atoms with E-state index >= 15 is 0 Å². The summed E-state index contributed by atoms with van der Waals surface area (Å²) >= 11 is 0. The predicted molar refractivity (Wildman–Crippen MR) is 77.8 cm³/mol. The Bertz CT molecular complexity index is 650. The summed E-state index contributed by atoms with van der Waals surface area (Å²) in [7, 11) is 0. The first kappa shape index (κ1) is 14.5. The number of aromatic nitrogens is 1. The first-order valence-corrected chi connectivity index (χ1v) is 6.54. The summed E-state index contributed by atoms with van der Waals surface area (Å²) in [5, 5.41) is 11.6. The van der Waals surface area contributed by atoms with Crippen molar-refractivity contribution in [3.63, 3.8) is 0 Å². The average Bonchev–Trinajstić information content (AvgIpc) is 2.53. The van der Waals surface area contributed by atoms with Gasteiger partial charge in [-0.1, -0.05) is 6.07 Å². The first-order valence-electron chi connectivity index (χ1n) is 6.54. The van der Waals surface area contributed by atoms with E-state index in [-0.39, 0.29) is 12.0 Å². The summed E-state index contributed by atoms with van der Waals surface area (Å²) in [6.07, 6.45) is 3.10. The summed E-state index contributed by atoms with van der Waals surface area (Å²) in [6, 6.07) is 12.2. The number of carbonyl (C=O) groups is 1. The van der Waals surface area contributed by atoms with E-state index in [0.29, 0.717) is 23.4 Å². The first-order chi connectivity index (χ1) is 10.2. The Kier molecular flexibility index (Phi) is 4.89. The maximum atomic E-state index is 12.0. The lowest BCUT2D eigenvalue weighted by Crippen LogP contribution is -2.33. The second kappa shape index (κ2) is 7.06. The second-order valence-electron chi connectivity index (χ2n) is 4.52. The average molecular weight is 281 g/mol. The van der Waals surface area contributed by atoms with E-state index in [1.54, 1.807) is 42.7 Å². The number of hydrogen-bond donors (Lipinski definition) is 1. The van der Waals surface area contributed by atoms with Crippen molar-refractivity contribution in [1.82, 2.24) is 10.3 Å². The van der Waals surface area contributed by atoms with Crippen molar-refractivity contribution in [2.45, 2.75) is 13.0 Å². The Morgan fingerprint density at radius 2 is 2.29 bits per heavy atom. The number of pyridine rings is 1. The van der Waals surface area contributed by atoms with Crippen molar-refractivity contribution in [2.24, 2.45) is 0 Å². The minimum Gasteiger partial charge on any atom is -0.487 e. The van der Waals surface area contributed by atoms with E-state index in [1.807, 2.05) is 19.1 Å². The van der Waals surface area contributed by atoms with Crippen molar-refractivity contribution in [1.29, 1.82) is 5.26 Å². The van der Waals surface area contributed by atoms with Crippen LogP contribution in [0.1, 0.15) is 22.8 Å². The van der Waals surface area contributed by atoms with Crippen LogP contribution in [0.25, 0.3) is 0 Å². The second-order valence-corrected chi connectivity index (χ2v) is 4.52. The third-order valence-corrected chi connectivity index (χ3v) is 2.78. The molecule has 0 unspecified atom stereocenters. The van der Waals surface area contributed by atoms with E-state index in [0.717, 1.165) is 0 Å². The van der Waals surface area contributed by atoms with Gasteiger partial charge in [0.1, 0.15) is 11.9 Å². The van der Waals surface area contributed by atoms with Crippen LogP contribution in [-0.2, 0) is 0 Å². The molecule has 0 spiro atoms. The van der Waals surface area contributed by atoms with Gasteiger partial charge in [-0.2, -0.15) is 5.26 Å². The van der Waals surface area contributed by atoms with Gasteiger partial charge in [-0.15, -0.1) is 0 Å². The molecule has 5 heteroatoms. The minimum atomic E-state index is -0.228. The Morgan fingerprint density at radius 1 is 1.43 bits per heavy atom. The van der Waals surface area contributed by atoms with Gasteiger partial charge in [0.15, 0.2) is 0 Å². The molecule has 0 fully saturated rings. The largest absolute Gasteiger partial charge is 0.487 e. The molecular formula is C16H15N3O2. The smallest absolute Gasteiger partial charge is 0.251 e. The molecule has 21 heavy (non-hydrogen) atoms. The fraction of sp³-hybridized carbons (Fsp3) is 0.188. The molecule has 1 aromatic heterocycles.